The largest absolute Gasteiger partial charge is 0.368 e. The van der Waals surface area contributed by atoms with Gasteiger partial charge in [0.25, 0.3) is 0 Å². The van der Waals surface area contributed by atoms with E-state index in [0.29, 0.717) is 15.6 Å². The number of thioether (sulfide) groups is 1. The predicted molar refractivity (Wildman–Crippen MR) is 70.0 cm³/mol. The summed E-state index contributed by atoms with van der Waals surface area (Å²) in [5, 5.41) is 3.78. The molecule has 6 heteroatoms. The van der Waals surface area contributed by atoms with Gasteiger partial charge < -0.3 is 11.1 Å². The minimum atomic E-state index is 0.249. The molecule has 2 rings (SSSR count). The molecular weight excluding hydrogens is 244 g/mol. The zero-order valence-corrected chi connectivity index (χ0v) is 10.7. The number of hydrogen-bond acceptors (Lipinski definition) is 5. The van der Waals surface area contributed by atoms with Gasteiger partial charge in [-0.05, 0) is 19.1 Å². The highest BCUT2D eigenvalue weighted by Gasteiger charge is 2.35. The van der Waals surface area contributed by atoms with E-state index in [-0.39, 0.29) is 5.95 Å². The number of nitrogen functional groups attached to an aromatic ring is 1. The lowest BCUT2D eigenvalue weighted by Crippen LogP contribution is -2.40. The van der Waals surface area contributed by atoms with E-state index in [1.165, 1.54) is 25.5 Å². The third kappa shape index (κ3) is 2.35. The van der Waals surface area contributed by atoms with Crippen molar-refractivity contribution in [3.05, 3.63) is 11.2 Å². The van der Waals surface area contributed by atoms with Crippen LogP contribution in [0.5, 0.6) is 0 Å². The van der Waals surface area contributed by atoms with Crippen LogP contribution in [0.4, 0.5) is 11.8 Å². The lowest BCUT2D eigenvalue weighted by Gasteiger charge is -2.40. The van der Waals surface area contributed by atoms with Crippen molar-refractivity contribution in [3.8, 4) is 0 Å². The average Bonchev–Trinajstić information content (AvgIpc) is 2.22. The maximum absolute atomic E-state index is 5.98. The first-order valence-corrected chi connectivity index (χ1v) is 6.82. The molecular formula is C10H15ClN4S. The summed E-state index contributed by atoms with van der Waals surface area (Å²) in [6.07, 6.45) is 7.48. The van der Waals surface area contributed by atoms with Crippen molar-refractivity contribution in [2.45, 2.75) is 24.0 Å². The second kappa shape index (κ2) is 4.67. The van der Waals surface area contributed by atoms with Crippen LogP contribution in [0.2, 0.25) is 5.02 Å². The van der Waals surface area contributed by atoms with Gasteiger partial charge in [-0.3, -0.25) is 0 Å². The molecule has 1 aliphatic rings. The normalized spacial score (nSPS) is 17.9. The number of nitrogens with one attached hydrogen (secondary N) is 1. The van der Waals surface area contributed by atoms with Crippen LogP contribution in [0.1, 0.15) is 19.3 Å². The summed E-state index contributed by atoms with van der Waals surface area (Å²) in [6.45, 7) is 0.879. The molecule has 0 amide bonds. The van der Waals surface area contributed by atoms with E-state index in [0.717, 1.165) is 6.54 Å². The smallest absolute Gasteiger partial charge is 0.222 e. The molecule has 1 aliphatic carbocycles. The fraction of sp³-hybridized carbons (Fsp3) is 0.600. The predicted octanol–water partition coefficient (Wildman–Crippen LogP) is 2.41. The Balaban J connectivity index is 2.01. The topological polar surface area (TPSA) is 63.8 Å². The molecule has 3 N–H and O–H groups in total. The zero-order chi connectivity index (χ0) is 11.6. The third-order valence-electron chi connectivity index (χ3n) is 3.04. The Labute approximate surface area is 104 Å². The number of hydrogen-bond donors (Lipinski definition) is 2. The summed E-state index contributed by atoms with van der Waals surface area (Å²) in [5.41, 5.74) is 5.52. The number of nitrogens with two attached hydrogens (primary N) is 1. The number of rotatable bonds is 4. The first-order valence-electron chi connectivity index (χ1n) is 5.22. The van der Waals surface area contributed by atoms with Gasteiger partial charge in [0.1, 0.15) is 5.02 Å². The Hall–Kier alpha value is -0.680. The molecule has 0 spiro atoms. The van der Waals surface area contributed by atoms with Gasteiger partial charge in [0.15, 0.2) is 5.82 Å². The Morgan fingerprint density at radius 2 is 2.38 bits per heavy atom. The number of aromatic nitrogens is 2. The molecule has 1 aromatic rings. The first kappa shape index (κ1) is 11.8. The minimum Gasteiger partial charge on any atom is -0.368 e. The van der Waals surface area contributed by atoms with E-state index in [1.54, 1.807) is 0 Å². The Morgan fingerprint density at radius 1 is 1.62 bits per heavy atom. The number of anilines is 2. The van der Waals surface area contributed by atoms with Crippen molar-refractivity contribution in [3.63, 3.8) is 0 Å². The fourth-order valence-corrected chi connectivity index (χ4v) is 2.85. The van der Waals surface area contributed by atoms with Crippen LogP contribution in [-0.2, 0) is 0 Å². The molecule has 16 heavy (non-hydrogen) atoms. The van der Waals surface area contributed by atoms with Gasteiger partial charge in [-0.15, -0.1) is 0 Å². The summed E-state index contributed by atoms with van der Waals surface area (Å²) in [6, 6.07) is 0. The van der Waals surface area contributed by atoms with Crippen LogP contribution < -0.4 is 11.1 Å². The SMILES string of the molecule is CSC1(CNc2nc(N)ncc2Cl)CCC1. The summed E-state index contributed by atoms with van der Waals surface area (Å²) >= 11 is 7.89. The summed E-state index contributed by atoms with van der Waals surface area (Å²) in [5.74, 6) is 0.883. The lowest BCUT2D eigenvalue weighted by molar-refractivity contribution is 0.379. The van der Waals surface area contributed by atoms with Crippen molar-refractivity contribution in [2.75, 3.05) is 23.9 Å². The van der Waals surface area contributed by atoms with Crippen LogP contribution in [0.25, 0.3) is 0 Å². The molecule has 0 unspecified atom stereocenters. The van der Waals surface area contributed by atoms with E-state index in [2.05, 4.69) is 21.5 Å². The molecule has 0 saturated heterocycles. The monoisotopic (exact) mass is 258 g/mol. The molecule has 4 nitrogen and oxygen atoms in total. The molecule has 0 bridgehead atoms. The highest BCUT2D eigenvalue weighted by Crippen LogP contribution is 2.42. The van der Waals surface area contributed by atoms with Gasteiger partial charge in [0.05, 0.1) is 6.20 Å². The summed E-state index contributed by atoms with van der Waals surface area (Å²) < 4.78 is 0.350. The van der Waals surface area contributed by atoms with Crippen molar-refractivity contribution >= 4 is 35.1 Å². The Bertz CT molecular complexity index is 376. The van der Waals surface area contributed by atoms with Crippen LogP contribution in [0.3, 0.4) is 0 Å². The van der Waals surface area contributed by atoms with Gasteiger partial charge >= 0.3 is 0 Å². The van der Waals surface area contributed by atoms with Crippen LogP contribution >= 0.6 is 23.4 Å². The summed E-state index contributed by atoms with van der Waals surface area (Å²) in [7, 11) is 0. The van der Waals surface area contributed by atoms with Crippen LogP contribution in [-0.4, -0.2) is 27.5 Å². The molecule has 88 valence electrons. The highest BCUT2D eigenvalue weighted by molar-refractivity contribution is 8.00. The molecule has 1 fully saturated rings. The van der Waals surface area contributed by atoms with E-state index in [1.807, 2.05) is 11.8 Å². The fourth-order valence-electron chi connectivity index (χ4n) is 1.77. The maximum Gasteiger partial charge on any atom is 0.222 e. The standard InChI is InChI=1S/C10H15ClN4S/c1-16-10(3-2-4-10)6-14-8-7(11)5-13-9(12)15-8/h5H,2-4,6H2,1H3,(H3,12,13,14,15). The lowest BCUT2D eigenvalue weighted by atomic mass is 9.84. The molecule has 0 atom stereocenters. The highest BCUT2D eigenvalue weighted by atomic mass is 35.5. The number of halogens is 1. The second-order valence-electron chi connectivity index (χ2n) is 4.02. The van der Waals surface area contributed by atoms with Crippen LogP contribution in [0.15, 0.2) is 6.20 Å². The summed E-state index contributed by atoms with van der Waals surface area (Å²) in [4.78, 5) is 7.91. The van der Waals surface area contributed by atoms with Crippen molar-refractivity contribution in [1.82, 2.24) is 9.97 Å². The molecule has 0 aromatic carbocycles. The first-order chi connectivity index (χ1) is 7.65. The number of nitrogens with zero attached hydrogens (tertiary/aromatic N) is 2. The second-order valence-corrected chi connectivity index (χ2v) is 5.70. The van der Waals surface area contributed by atoms with Crippen LogP contribution in [0, 0.1) is 0 Å². The van der Waals surface area contributed by atoms with E-state index < -0.39 is 0 Å². The van der Waals surface area contributed by atoms with Gasteiger partial charge in [-0.1, -0.05) is 18.0 Å². The average molecular weight is 259 g/mol. The minimum absolute atomic E-state index is 0.249. The van der Waals surface area contributed by atoms with E-state index >= 15 is 0 Å². The van der Waals surface area contributed by atoms with Gasteiger partial charge in [0, 0.05) is 11.3 Å². The molecule has 1 aromatic heterocycles. The van der Waals surface area contributed by atoms with Crippen molar-refractivity contribution in [1.29, 1.82) is 0 Å². The van der Waals surface area contributed by atoms with Crippen molar-refractivity contribution in [2.24, 2.45) is 0 Å². The molecule has 0 radical (unpaired) electrons. The van der Waals surface area contributed by atoms with E-state index in [4.69, 9.17) is 17.3 Å². The van der Waals surface area contributed by atoms with Crippen molar-refractivity contribution < 1.29 is 0 Å². The maximum atomic E-state index is 5.98. The third-order valence-corrected chi connectivity index (χ3v) is 4.73. The molecule has 1 saturated carbocycles. The van der Waals surface area contributed by atoms with Gasteiger partial charge in [-0.25, -0.2) is 4.98 Å². The Kier molecular flexibility index (Phi) is 3.44. The van der Waals surface area contributed by atoms with Gasteiger partial charge in [0.2, 0.25) is 5.95 Å². The van der Waals surface area contributed by atoms with Gasteiger partial charge in [-0.2, -0.15) is 16.7 Å². The van der Waals surface area contributed by atoms with E-state index in [9.17, 15) is 0 Å². The molecule has 0 aliphatic heterocycles. The quantitative estimate of drug-likeness (QED) is 0.868. The Morgan fingerprint density at radius 3 is 2.94 bits per heavy atom. The zero-order valence-electron chi connectivity index (χ0n) is 9.16. The molecule has 1 heterocycles.